The highest BCUT2D eigenvalue weighted by atomic mass is 32.2. The number of anilines is 1. The highest BCUT2D eigenvalue weighted by molar-refractivity contribution is 7.98. The third kappa shape index (κ3) is 8.38. The first kappa shape index (κ1) is 30.3. The predicted molar refractivity (Wildman–Crippen MR) is 157 cm³/mol. The van der Waals surface area contributed by atoms with E-state index >= 15 is 0 Å². The molecule has 2 unspecified atom stereocenters. The molecule has 40 heavy (non-hydrogen) atoms. The van der Waals surface area contributed by atoms with Gasteiger partial charge in [-0.2, -0.15) is 17.0 Å². The Morgan fingerprint density at radius 3 is 2.35 bits per heavy atom. The first-order chi connectivity index (χ1) is 19.0. The summed E-state index contributed by atoms with van der Waals surface area (Å²) < 4.78 is 5.36. The number of amides is 3. The summed E-state index contributed by atoms with van der Waals surface area (Å²) in [5.74, 6) is -0.626. The van der Waals surface area contributed by atoms with E-state index in [4.69, 9.17) is 4.74 Å². The third-order valence-electron chi connectivity index (χ3n) is 5.91. The number of nitriles is 1. The predicted octanol–water partition coefficient (Wildman–Crippen LogP) is 5.22. The number of carbonyl (C=O) groups excluding carboxylic acids is 3. The van der Waals surface area contributed by atoms with E-state index in [-0.39, 0.29) is 12.2 Å². The smallest absolute Gasteiger partial charge is 0.408 e. The molecule has 0 aliphatic rings. The minimum atomic E-state index is -1.23. The number of nitrogens with zero attached hydrogens (tertiary/aromatic N) is 2. The molecule has 3 aromatic carbocycles. The van der Waals surface area contributed by atoms with Crippen LogP contribution >= 0.6 is 11.8 Å². The molecule has 0 fully saturated rings. The van der Waals surface area contributed by atoms with Crippen LogP contribution in [0.1, 0.15) is 38.8 Å². The van der Waals surface area contributed by atoms with Crippen LogP contribution in [0.2, 0.25) is 0 Å². The van der Waals surface area contributed by atoms with Gasteiger partial charge in [0.2, 0.25) is 5.91 Å². The van der Waals surface area contributed by atoms with Crippen LogP contribution in [0.25, 0.3) is 10.8 Å². The lowest BCUT2D eigenvalue weighted by molar-refractivity contribution is -0.140. The van der Waals surface area contributed by atoms with Gasteiger partial charge in [0.1, 0.15) is 30.0 Å². The number of ether oxygens (including phenoxy) is 1. The Morgan fingerprint density at radius 2 is 1.73 bits per heavy atom. The number of rotatable bonds is 10. The number of hydrogen-bond donors (Lipinski definition) is 3. The molecule has 0 saturated heterocycles. The SMILES string of the molecule is CSCCC(NC(=O)OC(C)(C)C)C(=O)N(CC#N)C(C(=O)Nc1ccc2ccccc2c1)c1ccc(O)cc1. The van der Waals surface area contributed by atoms with Crippen LogP contribution in [0.4, 0.5) is 10.5 Å². The normalized spacial score (nSPS) is 12.6. The quantitative estimate of drug-likeness (QED) is 0.289. The fourth-order valence-corrected chi connectivity index (χ4v) is 4.59. The van der Waals surface area contributed by atoms with E-state index in [1.807, 2.05) is 48.7 Å². The van der Waals surface area contributed by atoms with Crippen LogP contribution in [-0.2, 0) is 14.3 Å². The number of phenolic OH excluding ortho intramolecular Hbond substituents is 1. The maximum absolute atomic E-state index is 13.9. The van der Waals surface area contributed by atoms with Crippen LogP contribution in [-0.4, -0.2) is 58.1 Å². The van der Waals surface area contributed by atoms with E-state index in [9.17, 15) is 24.8 Å². The Bertz CT molecular complexity index is 1380. The van der Waals surface area contributed by atoms with Gasteiger partial charge in [-0.3, -0.25) is 9.59 Å². The van der Waals surface area contributed by atoms with E-state index in [0.717, 1.165) is 15.7 Å². The lowest BCUT2D eigenvalue weighted by atomic mass is 10.0. The lowest BCUT2D eigenvalue weighted by Crippen LogP contribution is -2.52. The summed E-state index contributed by atoms with van der Waals surface area (Å²) in [6.07, 6.45) is 1.36. The topological polar surface area (TPSA) is 132 Å². The number of benzene rings is 3. The van der Waals surface area contributed by atoms with Gasteiger partial charge in [0.25, 0.3) is 5.91 Å². The molecule has 0 radical (unpaired) electrons. The maximum Gasteiger partial charge on any atom is 0.408 e. The summed E-state index contributed by atoms with van der Waals surface area (Å²) >= 11 is 1.49. The molecule has 0 saturated carbocycles. The van der Waals surface area contributed by atoms with E-state index in [1.54, 1.807) is 26.8 Å². The number of nitrogens with one attached hydrogen (secondary N) is 2. The highest BCUT2D eigenvalue weighted by Crippen LogP contribution is 2.27. The summed E-state index contributed by atoms with van der Waals surface area (Å²) in [4.78, 5) is 41.5. The van der Waals surface area contributed by atoms with Crippen molar-refractivity contribution in [2.75, 3.05) is 23.9 Å². The molecule has 3 amide bonds. The molecule has 10 heteroatoms. The second-order valence-electron chi connectivity index (χ2n) is 10.1. The van der Waals surface area contributed by atoms with Gasteiger partial charge in [0.05, 0.1) is 6.07 Å². The molecule has 9 nitrogen and oxygen atoms in total. The Kier molecular flexibility index (Phi) is 10.4. The van der Waals surface area contributed by atoms with Gasteiger partial charge >= 0.3 is 6.09 Å². The van der Waals surface area contributed by atoms with E-state index in [1.165, 1.54) is 36.0 Å². The molecule has 3 N–H and O–H groups in total. The van der Waals surface area contributed by atoms with Crippen molar-refractivity contribution in [2.24, 2.45) is 0 Å². The second-order valence-corrected chi connectivity index (χ2v) is 11.1. The van der Waals surface area contributed by atoms with Crippen LogP contribution in [0.15, 0.2) is 66.7 Å². The maximum atomic E-state index is 13.9. The Labute approximate surface area is 238 Å². The average molecular weight is 563 g/mol. The number of hydrogen-bond acceptors (Lipinski definition) is 7. The Balaban J connectivity index is 1.98. The number of thioether (sulfide) groups is 1. The monoisotopic (exact) mass is 562 g/mol. The first-order valence-electron chi connectivity index (χ1n) is 12.8. The first-order valence-corrected chi connectivity index (χ1v) is 14.2. The average Bonchev–Trinajstić information content (AvgIpc) is 2.90. The highest BCUT2D eigenvalue weighted by Gasteiger charge is 2.36. The van der Waals surface area contributed by atoms with Gasteiger partial charge in [-0.25, -0.2) is 4.79 Å². The van der Waals surface area contributed by atoms with Crippen molar-refractivity contribution in [1.29, 1.82) is 5.26 Å². The molecule has 0 bridgehead atoms. The molecule has 3 aromatic rings. The van der Waals surface area contributed by atoms with Crippen LogP contribution in [0.5, 0.6) is 5.75 Å². The molecular weight excluding hydrogens is 528 g/mol. The molecule has 3 rings (SSSR count). The zero-order valence-corrected chi connectivity index (χ0v) is 23.8. The van der Waals surface area contributed by atoms with Crippen LogP contribution < -0.4 is 10.6 Å². The van der Waals surface area contributed by atoms with Crippen LogP contribution in [0, 0.1) is 11.3 Å². The summed E-state index contributed by atoms with van der Waals surface area (Å²) in [7, 11) is 0. The van der Waals surface area contributed by atoms with Gasteiger partial charge in [0, 0.05) is 5.69 Å². The summed E-state index contributed by atoms with van der Waals surface area (Å²) in [5.41, 5.74) is 0.126. The summed E-state index contributed by atoms with van der Waals surface area (Å²) in [6.45, 7) is 4.73. The number of carbonyl (C=O) groups is 3. The van der Waals surface area contributed by atoms with Crippen molar-refractivity contribution >= 4 is 46.1 Å². The fraction of sp³-hybridized carbons (Fsp3) is 0.333. The van der Waals surface area contributed by atoms with Crippen molar-refractivity contribution in [3.63, 3.8) is 0 Å². The molecular formula is C30H34N4O5S. The van der Waals surface area contributed by atoms with Crippen LogP contribution in [0.3, 0.4) is 0 Å². The van der Waals surface area contributed by atoms with Crippen molar-refractivity contribution in [1.82, 2.24) is 10.2 Å². The molecule has 0 aliphatic heterocycles. The van der Waals surface area contributed by atoms with Crippen molar-refractivity contribution in [3.05, 3.63) is 72.3 Å². The summed E-state index contributed by atoms with van der Waals surface area (Å²) in [6, 6.07) is 18.7. The van der Waals surface area contributed by atoms with Gasteiger partial charge in [0.15, 0.2) is 0 Å². The number of alkyl carbamates (subject to hydrolysis) is 1. The van der Waals surface area contributed by atoms with Crippen molar-refractivity contribution in [3.8, 4) is 11.8 Å². The number of aromatic hydroxyl groups is 1. The minimum Gasteiger partial charge on any atom is -0.508 e. The van der Waals surface area contributed by atoms with Gasteiger partial charge in [-0.15, -0.1) is 0 Å². The van der Waals surface area contributed by atoms with Gasteiger partial charge in [-0.05, 0) is 79.8 Å². The largest absolute Gasteiger partial charge is 0.508 e. The van der Waals surface area contributed by atoms with Gasteiger partial charge in [-0.1, -0.05) is 42.5 Å². The minimum absolute atomic E-state index is 0.0139. The third-order valence-corrected chi connectivity index (χ3v) is 6.55. The van der Waals surface area contributed by atoms with Gasteiger partial charge < -0.3 is 25.4 Å². The lowest BCUT2D eigenvalue weighted by Gasteiger charge is -2.33. The van der Waals surface area contributed by atoms with Crippen molar-refractivity contribution < 1.29 is 24.2 Å². The number of fused-ring (bicyclic) bond motifs is 1. The molecule has 0 heterocycles. The molecule has 210 valence electrons. The molecule has 0 aromatic heterocycles. The Hall–Kier alpha value is -4.23. The summed E-state index contributed by atoms with van der Waals surface area (Å²) in [5, 5.41) is 26.9. The fourth-order valence-electron chi connectivity index (χ4n) is 4.12. The zero-order chi connectivity index (χ0) is 29.3. The molecule has 2 atom stereocenters. The van der Waals surface area contributed by atoms with E-state index < -0.39 is 42.1 Å². The molecule has 0 aliphatic carbocycles. The van der Waals surface area contributed by atoms with E-state index in [2.05, 4.69) is 10.6 Å². The Morgan fingerprint density at radius 1 is 1.05 bits per heavy atom. The van der Waals surface area contributed by atoms with Crippen molar-refractivity contribution in [2.45, 2.75) is 44.9 Å². The standard InChI is InChI=1S/C30H34N4O5S/c1-30(2,3)39-29(38)33-25(15-18-40-4)28(37)34(17-16-31)26(21-10-13-24(35)14-11-21)27(36)32-23-12-9-20-7-5-6-8-22(20)19-23/h5-14,19,25-26,35H,15,17-18H2,1-4H3,(H,32,36)(H,33,38). The second kappa shape index (κ2) is 13.7. The zero-order valence-electron chi connectivity index (χ0n) is 23.0. The number of phenols is 1. The molecule has 0 spiro atoms. The van der Waals surface area contributed by atoms with E-state index in [0.29, 0.717) is 17.0 Å².